The van der Waals surface area contributed by atoms with E-state index in [1.54, 1.807) is 0 Å². The molecule has 3 heterocycles. The van der Waals surface area contributed by atoms with Crippen LogP contribution in [0.2, 0.25) is 0 Å². The summed E-state index contributed by atoms with van der Waals surface area (Å²) in [7, 11) is 0. The van der Waals surface area contributed by atoms with Crippen molar-refractivity contribution in [3.8, 4) is 0 Å². The second kappa shape index (κ2) is 18.7. The number of thioether (sulfide) groups is 2. The highest BCUT2D eigenvalue weighted by molar-refractivity contribution is 8.23. The minimum atomic E-state index is -1.02. The molecule has 50 heavy (non-hydrogen) atoms. The first kappa shape index (κ1) is 37.8. The van der Waals surface area contributed by atoms with E-state index >= 15 is 0 Å². The molecule has 2 amide bonds. The van der Waals surface area contributed by atoms with E-state index < -0.39 is 22.8 Å². The van der Waals surface area contributed by atoms with E-state index in [-0.39, 0.29) is 23.6 Å². The Labute approximate surface area is 309 Å². The smallest absolute Gasteiger partial charge is 0.327 e. The van der Waals surface area contributed by atoms with Gasteiger partial charge in [-0.15, -0.1) is 11.8 Å². The number of carboxylic acid groups (broad SMARTS) is 1. The van der Waals surface area contributed by atoms with Crippen molar-refractivity contribution in [3.63, 3.8) is 0 Å². The highest BCUT2D eigenvalue weighted by Gasteiger charge is 2.65. The van der Waals surface area contributed by atoms with E-state index in [1.165, 1.54) is 46.0 Å². The van der Waals surface area contributed by atoms with Crippen LogP contribution in [0.4, 0.5) is 0 Å². The monoisotopic (exact) mass is 733 g/mol. The van der Waals surface area contributed by atoms with Crippen LogP contribution in [0.1, 0.15) is 42.9 Å². The molecule has 0 bridgehead atoms. The molecule has 0 saturated carbocycles. The van der Waals surface area contributed by atoms with Gasteiger partial charge in [-0.3, -0.25) is 9.59 Å². The summed E-state index contributed by atoms with van der Waals surface area (Å²) >= 11 is 8.55. The largest absolute Gasteiger partial charge is 0.480 e. The van der Waals surface area contributed by atoms with E-state index in [0.29, 0.717) is 5.75 Å². The predicted molar refractivity (Wildman–Crippen MR) is 207 cm³/mol. The fourth-order valence-corrected chi connectivity index (χ4v) is 9.65. The molecule has 3 aliphatic heterocycles. The van der Waals surface area contributed by atoms with E-state index in [4.69, 9.17) is 12.2 Å². The van der Waals surface area contributed by atoms with E-state index in [2.05, 4.69) is 69.4 Å². The lowest BCUT2D eigenvalue weighted by Gasteiger charge is -2.43. The van der Waals surface area contributed by atoms with E-state index in [0.717, 1.165) is 62.0 Å². The van der Waals surface area contributed by atoms with Crippen LogP contribution in [-0.4, -0.2) is 91.1 Å². The molecule has 6 rings (SSSR count). The summed E-state index contributed by atoms with van der Waals surface area (Å²) in [5.74, 6) is -1.09. The minimum Gasteiger partial charge on any atom is -0.480 e. The lowest BCUT2D eigenvalue weighted by Crippen LogP contribution is -2.70. The van der Waals surface area contributed by atoms with Crippen LogP contribution < -0.4 is 16.0 Å². The number of benzene rings is 3. The van der Waals surface area contributed by atoms with Crippen molar-refractivity contribution in [2.75, 3.05) is 31.9 Å². The maximum Gasteiger partial charge on any atom is 0.327 e. The number of β-lactam (4-membered cyclic amide) rings is 1. The van der Waals surface area contributed by atoms with Crippen LogP contribution in [0.3, 0.4) is 0 Å². The molecule has 3 aromatic rings. The van der Waals surface area contributed by atoms with Gasteiger partial charge in [-0.25, -0.2) is 4.79 Å². The van der Waals surface area contributed by atoms with Gasteiger partial charge in [-0.2, -0.15) is 0 Å². The number of aliphatic carboxylic acids is 1. The Bertz CT molecular complexity index is 1520. The third-order valence-electron chi connectivity index (χ3n) is 9.00. The Hall–Kier alpha value is -3.42. The Morgan fingerprint density at radius 3 is 1.90 bits per heavy atom. The highest BCUT2D eigenvalue weighted by atomic mass is 32.2. The zero-order valence-corrected chi connectivity index (χ0v) is 30.9. The average Bonchev–Trinajstić information content (AvgIpc) is 3.43. The fourth-order valence-electron chi connectivity index (χ4n) is 6.36. The summed E-state index contributed by atoms with van der Waals surface area (Å²) in [4.78, 5) is 41.0. The number of thiocarbonyl (C=S) groups is 1. The van der Waals surface area contributed by atoms with Crippen LogP contribution in [0.5, 0.6) is 0 Å². The van der Waals surface area contributed by atoms with Crippen molar-refractivity contribution >= 4 is 57.8 Å². The standard InChI is InChI=1S/C22H27N3O4S3.C16H20N2/c1-22(13-31-21(30)24-10-6-3-7-11-24)17(20(28)29)25-18(27)16(19(25)32-22)23-15(26)12-14-8-4-2-5-9-14;1-3-7-15(8-4-1)13-17-11-12-18-14-16-9-5-2-6-10-16/h2,4-5,8-9,16-17,19H,3,6-7,10-13H2,1H3,(H,23,26)(H,28,29);1-10,17-18H,11-14H2/t16?,17?,19-,22?;/m0./s1. The zero-order valence-electron chi connectivity index (χ0n) is 28.5. The summed E-state index contributed by atoms with van der Waals surface area (Å²) in [6.07, 6.45) is 3.65. The molecule has 4 atom stereocenters. The van der Waals surface area contributed by atoms with Crippen molar-refractivity contribution in [2.24, 2.45) is 0 Å². The fraction of sp³-hybridized carbons (Fsp3) is 0.421. The maximum absolute atomic E-state index is 12.8. The molecule has 266 valence electrons. The van der Waals surface area contributed by atoms with Crippen LogP contribution in [-0.2, 0) is 33.9 Å². The number of hydrogen-bond donors (Lipinski definition) is 4. The van der Waals surface area contributed by atoms with Gasteiger partial charge in [0, 0.05) is 45.0 Å². The van der Waals surface area contributed by atoms with Crippen LogP contribution in [0, 0.1) is 0 Å². The summed E-state index contributed by atoms with van der Waals surface area (Å²) in [6.45, 7) is 7.63. The molecule has 0 aliphatic carbocycles. The number of piperidine rings is 1. The van der Waals surface area contributed by atoms with Crippen molar-refractivity contribution in [1.82, 2.24) is 25.8 Å². The van der Waals surface area contributed by atoms with Crippen molar-refractivity contribution < 1.29 is 19.5 Å². The third-order valence-corrected chi connectivity index (χ3v) is 12.7. The van der Waals surface area contributed by atoms with E-state index in [9.17, 15) is 19.5 Å². The molecule has 0 spiro atoms. The SMILES string of the molecule is CC1(CSC(=S)N2CCCCC2)S[C@H]2C(NC(=O)Cc3ccccc3)C(=O)N2C1C(=O)O.c1ccc(CNCCNCc2ccccc2)cc1. The first-order valence-corrected chi connectivity index (χ1v) is 19.5. The molecule has 9 nitrogen and oxygen atoms in total. The molecular weight excluding hydrogens is 687 g/mol. The van der Waals surface area contributed by atoms with Gasteiger partial charge in [0.15, 0.2) is 0 Å². The van der Waals surface area contributed by atoms with Gasteiger partial charge in [-0.1, -0.05) is 115 Å². The lowest BCUT2D eigenvalue weighted by molar-refractivity contribution is -0.161. The number of rotatable bonds is 13. The quantitative estimate of drug-likeness (QED) is 0.110. The number of carbonyl (C=O) groups excluding carboxylic acids is 2. The molecule has 3 unspecified atom stereocenters. The van der Waals surface area contributed by atoms with Gasteiger partial charge in [0.2, 0.25) is 11.8 Å². The maximum atomic E-state index is 12.8. The lowest BCUT2D eigenvalue weighted by atomic mass is 9.95. The van der Waals surface area contributed by atoms with Gasteiger partial charge in [-0.05, 0) is 42.9 Å². The number of fused-ring (bicyclic) bond motifs is 1. The minimum absolute atomic E-state index is 0.182. The molecule has 3 aliphatic rings. The second-order valence-corrected chi connectivity index (χ2v) is 16.2. The summed E-state index contributed by atoms with van der Waals surface area (Å²) in [5.41, 5.74) is 3.53. The Morgan fingerprint density at radius 1 is 0.860 bits per heavy atom. The van der Waals surface area contributed by atoms with Gasteiger partial charge in [0.1, 0.15) is 21.8 Å². The Morgan fingerprint density at radius 2 is 1.38 bits per heavy atom. The van der Waals surface area contributed by atoms with Gasteiger partial charge < -0.3 is 30.9 Å². The number of nitrogens with one attached hydrogen (secondary N) is 3. The Balaban J connectivity index is 0.000000228. The van der Waals surface area contributed by atoms with E-state index in [1.807, 2.05) is 49.4 Å². The average molecular weight is 734 g/mol. The molecule has 3 saturated heterocycles. The number of likely N-dealkylation sites (tertiary alicyclic amines) is 1. The number of carboxylic acids is 1. The third kappa shape index (κ3) is 10.3. The number of amides is 2. The second-order valence-electron chi connectivity index (χ2n) is 12.9. The Kier molecular flexibility index (Phi) is 14.2. The highest BCUT2D eigenvalue weighted by Crippen LogP contribution is 2.52. The van der Waals surface area contributed by atoms with Gasteiger partial charge in [0.25, 0.3) is 0 Å². The van der Waals surface area contributed by atoms with Crippen molar-refractivity contribution in [1.29, 1.82) is 0 Å². The normalized spacial score (nSPS) is 22.5. The van der Waals surface area contributed by atoms with Gasteiger partial charge >= 0.3 is 5.97 Å². The molecule has 0 radical (unpaired) electrons. The zero-order chi connectivity index (χ0) is 35.3. The molecule has 12 heteroatoms. The predicted octanol–water partition coefficient (Wildman–Crippen LogP) is 4.91. The number of nitrogens with zero attached hydrogens (tertiary/aromatic N) is 2. The molecule has 4 N–H and O–H groups in total. The molecular formula is C38H47N5O4S3. The molecule has 3 fully saturated rings. The number of hydrogen-bond acceptors (Lipinski definition) is 8. The van der Waals surface area contributed by atoms with Crippen LogP contribution >= 0.6 is 35.7 Å². The van der Waals surface area contributed by atoms with Crippen molar-refractivity contribution in [2.45, 2.75) is 67.9 Å². The molecule has 3 aromatic carbocycles. The van der Waals surface area contributed by atoms with Crippen LogP contribution in [0.15, 0.2) is 91.0 Å². The van der Waals surface area contributed by atoms with Crippen LogP contribution in [0.25, 0.3) is 0 Å². The first-order valence-electron chi connectivity index (χ1n) is 17.2. The van der Waals surface area contributed by atoms with Crippen molar-refractivity contribution in [3.05, 3.63) is 108 Å². The summed E-state index contributed by atoms with van der Waals surface area (Å²) in [5, 5.41) is 19.2. The topological polar surface area (TPSA) is 114 Å². The van der Waals surface area contributed by atoms with Gasteiger partial charge in [0.05, 0.1) is 11.2 Å². The summed E-state index contributed by atoms with van der Waals surface area (Å²) in [6, 6.07) is 28.6. The molecule has 0 aromatic heterocycles. The first-order chi connectivity index (χ1) is 24.2. The summed E-state index contributed by atoms with van der Waals surface area (Å²) < 4.78 is 0.0965. The number of carbonyl (C=O) groups is 3.